The van der Waals surface area contributed by atoms with Crippen molar-refractivity contribution in [3.8, 4) is 50.5 Å². The first-order valence-electron chi connectivity index (χ1n) is 18.5. The zero-order valence-corrected chi connectivity index (χ0v) is 29.6. The molecule has 256 valence electrons. The van der Waals surface area contributed by atoms with Crippen molar-refractivity contribution in [3.05, 3.63) is 188 Å². The van der Waals surface area contributed by atoms with Crippen molar-refractivity contribution < 1.29 is 0 Å². The summed E-state index contributed by atoms with van der Waals surface area (Å²) in [6.07, 6.45) is 5.58. The third-order valence-corrected chi connectivity index (χ3v) is 10.7. The number of para-hydroxylation sites is 3. The summed E-state index contributed by atoms with van der Waals surface area (Å²) in [5.41, 5.74) is 13.6. The van der Waals surface area contributed by atoms with Crippen LogP contribution in [0.2, 0.25) is 0 Å². The van der Waals surface area contributed by atoms with Gasteiger partial charge in [-0.2, -0.15) is 0 Å². The Kier molecular flexibility index (Phi) is 7.10. The minimum Gasteiger partial charge on any atom is -0.292 e. The van der Waals surface area contributed by atoms with Crippen molar-refractivity contribution >= 4 is 54.5 Å². The van der Waals surface area contributed by atoms with Crippen LogP contribution < -0.4 is 0 Å². The van der Waals surface area contributed by atoms with Crippen LogP contribution in [0.15, 0.2) is 188 Å². The third kappa shape index (κ3) is 5.17. The van der Waals surface area contributed by atoms with Crippen LogP contribution in [0, 0.1) is 0 Å². The summed E-state index contributed by atoms with van der Waals surface area (Å²) in [7, 11) is 0. The predicted octanol–water partition coefficient (Wildman–Crippen LogP) is 12.5. The third-order valence-electron chi connectivity index (χ3n) is 10.7. The van der Waals surface area contributed by atoms with Crippen molar-refractivity contribution in [2.45, 2.75) is 0 Å². The highest BCUT2D eigenvalue weighted by molar-refractivity contribution is 6.13. The van der Waals surface area contributed by atoms with Crippen molar-refractivity contribution in [2.24, 2.45) is 0 Å². The Morgan fingerprint density at radius 1 is 0.382 bits per heavy atom. The number of benzene rings is 7. The van der Waals surface area contributed by atoms with E-state index in [4.69, 9.17) is 19.9 Å². The zero-order chi connectivity index (χ0) is 36.3. The minimum absolute atomic E-state index is 0.894. The molecule has 55 heavy (non-hydrogen) atoms. The summed E-state index contributed by atoms with van der Waals surface area (Å²) in [5, 5.41) is 5.58. The van der Waals surface area contributed by atoms with Gasteiger partial charge in [0, 0.05) is 51.6 Å². The van der Waals surface area contributed by atoms with E-state index in [2.05, 4.69) is 144 Å². The predicted molar refractivity (Wildman–Crippen MR) is 226 cm³/mol. The Balaban J connectivity index is 1.15. The largest absolute Gasteiger partial charge is 0.292 e. The molecule has 5 heteroatoms. The molecule has 0 N–H and O–H groups in total. The second kappa shape index (κ2) is 12.6. The van der Waals surface area contributed by atoms with Gasteiger partial charge in [-0.15, -0.1) is 0 Å². The average Bonchev–Trinajstić information content (AvgIpc) is 3.65. The van der Waals surface area contributed by atoms with E-state index < -0.39 is 0 Å². The first-order chi connectivity index (χ1) is 27.3. The maximum absolute atomic E-state index is 5.13. The summed E-state index contributed by atoms with van der Waals surface area (Å²) < 4.78 is 2.25. The van der Waals surface area contributed by atoms with E-state index in [1.165, 1.54) is 10.8 Å². The highest BCUT2D eigenvalue weighted by atomic mass is 15.1. The van der Waals surface area contributed by atoms with Crippen LogP contribution in [0.25, 0.3) is 105 Å². The number of imidazole rings is 1. The van der Waals surface area contributed by atoms with Crippen molar-refractivity contribution in [3.63, 3.8) is 0 Å². The molecule has 0 aliphatic carbocycles. The highest BCUT2D eigenvalue weighted by Gasteiger charge is 2.18. The fourth-order valence-corrected chi connectivity index (χ4v) is 8.16. The molecule has 5 nitrogen and oxygen atoms in total. The summed E-state index contributed by atoms with van der Waals surface area (Å²) in [6.45, 7) is 0. The number of nitrogens with zero attached hydrogens (tertiary/aromatic N) is 5. The van der Waals surface area contributed by atoms with Crippen LogP contribution in [-0.2, 0) is 0 Å². The van der Waals surface area contributed by atoms with Crippen LogP contribution in [0.5, 0.6) is 0 Å². The fourth-order valence-electron chi connectivity index (χ4n) is 8.16. The molecule has 0 saturated carbocycles. The molecule has 0 amide bonds. The van der Waals surface area contributed by atoms with Gasteiger partial charge in [-0.1, -0.05) is 97.1 Å². The van der Waals surface area contributed by atoms with Gasteiger partial charge in [0.2, 0.25) is 0 Å². The van der Waals surface area contributed by atoms with Crippen LogP contribution >= 0.6 is 0 Å². The molecule has 0 atom stereocenters. The van der Waals surface area contributed by atoms with Crippen LogP contribution in [0.1, 0.15) is 0 Å². The summed E-state index contributed by atoms with van der Waals surface area (Å²) in [6, 6.07) is 60.1. The van der Waals surface area contributed by atoms with Crippen molar-refractivity contribution in [1.82, 2.24) is 24.5 Å². The molecule has 11 aromatic rings. The van der Waals surface area contributed by atoms with Crippen LogP contribution in [0.3, 0.4) is 0 Å². The van der Waals surface area contributed by atoms with Crippen molar-refractivity contribution in [1.29, 1.82) is 0 Å². The molecule has 0 fully saturated rings. The van der Waals surface area contributed by atoms with E-state index in [0.717, 1.165) is 94.2 Å². The van der Waals surface area contributed by atoms with Gasteiger partial charge in [-0.25, -0.2) is 4.98 Å². The second-order valence-corrected chi connectivity index (χ2v) is 13.9. The van der Waals surface area contributed by atoms with Crippen LogP contribution in [0.4, 0.5) is 0 Å². The Bertz CT molecular complexity index is 3200. The smallest absolute Gasteiger partial charge is 0.145 e. The molecule has 11 rings (SSSR count). The SMILES string of the molecule is c1ccc(-n2c(-c3ccc(-c4cc(-c5cc6cccnc6c6ncccc56)cc(-c5c6ccccc6cc6cccnc56)c4)cc3)nc3ccccc32)cc1. The van der Waals surface area contributed by atoms with Gasteiger partial charge in [0.05, 0.1) is 27.6 Å². The van der Waals surface area contributed by atoms with Gasteiger partial charge in [-0.3, -0.25) is 19.5 Å². The Morgan fingerprint density at radius 2 is 1.00 bits per heavy atom. The molecule has 0 bridgehead atoms. The van der Waals surface area contributed by atoms with E-state index in [0.29, 0.717) is 0 Å². The molecule has 0 spiro atoms. The van der Waals surface area contributed by atoms with Gasteiger partial charge in [0.15, 0.2) is 0 Å². The number of fused-ring (bicyclic) bond motifs is 6. The average molecular weight is 702 g/mol. The number of rotatable bonds is 5. The van der Waals surface area contributed by atoms with Crippen LogP contribution in [-0.4, -0.2) is 24.5 Å². The molecule has 0 unspecified atom stereocenters. The van der Waals surface area contributed by atoms with Gasteiger partial charge < -0.3 is 0 Å². The normalized spacial score (nSPS) is 11.6. The molecule has 0 aliphatic rings. The van der Waals surface area contributed by atoms with Gasteiger partial charge in [0.25, 0.3) is 0 Å². The molecular weight excluding hydrogens is 671 g/mol. The maximum Gasteiger partial charge on any atom is 0.145 e. The lowest BCUT2D eigenvalue weighted by molar-refractivity contribution is 1.10. The Hall–Kier alpha value is -7.50. The van der Waals surface area contributed by atoms with Crippen molar-refractivity contribution in [2.75, 3.05) is 0 Å². The van der Waals surface area contributed by atoms with E-state index in [9.17, 15) is 0 Å². The minimum atomic E-state index is 0.894. The summed E-state index contributed by atoms with van der Waals surface area (Å²) >= 11 is 0. The lowest BCUT2D eigenvalue weighted by Crippen LogP contribution is -1.97. The van der Waals surface area contributed by atoms with Gasteiger partial charge in [-0.05, 0) is 111 Å². The number of pyridine rings is 3. The number of aromatic nitrogens is 5. The quantitative estimate of drug-likeness (QED) is 0.132. The first kappa shape index (κ1) is 31.1. The molecule has 0 radical (unpaired) electrons. The number of hydrogen-bond acceptors (Lipinski definition) is 4. The van der Waals surface area contributed by atoms with E-state index in [1.54, 1.807) is 0 Å². The molecule has 4 aromatic heterocycles. The van der Waals surface area contributed by atoms with Gasteiger partial charge >= 0.3 is 0 Å². The molecular formula is C50H31N5. The lowest BCUT2D eigenvalue weighted by atomic mass is 9.88. The Labute approximate surface area is 316 Å². The summed E-state index contributed by atoms with van der Waals surface area (Å²) in [4.78, 5) is 19.7. The highest BCUT2D eigenvalue weighted by Crippen LogP contribution is 2.42. The molecule has 7 aromatic carbocycles. The molecule has 4 heterocycles. The monoisotopic (exact) mass is 701 g/mol. The second-order valence-electron chi connectivity index (χ2n) is 13.9. The fraction of sp³-hybridized carbons (Fsp3) is 0. The topological polar surface area (TPSA) is 56.5 Å². The maximum atomic E-state index is 5.13. The lowest BCUT2D eigenvalue weighted by Gasteiger charge is -2.16. The Morgan fingerprint density at radius 3 is 1.85 bits per heavy atom. The molecule has 0 saturated heterocycles. The van der Waals surface area contributed by atoms with E-state index in [-0.39, 0.29) is 0 Å². The summed E-state index contributed by atoms with van der Waals surface area (Å²) in [5.74, 6) is 0.908. The number of hydrogen-bond donors (Lipinski definition) is 0. The molecule has 0 aliphatic heterocycles. The van der Waals surface area contributed by atoms with Gasteiger partial charge in [0.1, 0.15) is 5.82 Å². The van der Waals surface area contributed by atoms with E-state index in [1.807, 2.05) is 48.9 Å². The first-order valence-corrected chi connectivity index (χ1v) is 18.5. The standard InChI is InChI=1S/C50H31N5/c1-2-14-40(15-3-1)55-45-19-7-6-18-44(45)54-50(55)33-22-20-32(21-23-33)37-28-38(43-31-36-13-9-25-52-48(36)49-42(43)17-10-26-53-49)30-39(29-37)46-41-16-5-4-11-34(41)27-35-12-8-24-51-47(35)46/h1-31H. The van der Waals surface area contributed by atoms with E-state index >= 15 is 0 Å². The zero-order valence-electron chi connectivity index (χ0n) is 29.6.